The number of carbonyl (C=O) groups is 4. The van der Waals surface area contributed by atoms with Gasteiger partial charge in [0.1, 0.15) is 6.42 Å². The number of fused-ring (bicyclic) bond motifs is 2. The summed E-state index contributed by atoms with van der Waals surface area (Å²) in [6, 6.07) is 7.61. The predicted octanol–water partition coefficient (Wildman–Crippen LogP) is 2.27. The number of ketones is 3. The van der Waals surface area contributed by atoms with Gasteiger partial charge in [0.05, 0.1) is 12.1 Å². The Morgan fingerprint density at radius 1 is 1.00 bits per heavy atom. The van der Waals surface area contributed by atoms with Gasteiger partial charge in [-0.3, -0.25) is 24.1 Å². The normalized spacial score (nSPS) is 15.2. The lowest BCUT2D eigenvalue weighted by Gasteiger charge is -2.11. The molecule has 30 heavy (non-hydrogen) atoms. The summed E-state index contributed by atoms with van der Waals surface area (Å²) in [5.41, 5.74) is 0.528. The lowest BCUT2D eigenvalue weighted by Crippen LogP contribution is -2.19. The van der Waals surface area contributed by atoms with Crippen LogP contribution in [-0.2, 0) is 9.53 Å². The van der Waals surface area contributed by atoms with E-state index >= 15 is 0 Å². The summed E-state index contributed by atoms with van der Waals surface area (Å²) in [5.74, 6) is 3.04. The minimum atomic E-state index is -0.745. The van der Waals surface area contributed by atoms with Crippen molar-refractivity contribution in [2.24, 2.45) is 0 Å². The second-order valence-electron chi connectivity index (χ2n) is 7.15. The van der Waals surface area contributed by atoms with Crippen LogP contribution in [0.5, 0.6) is 0 Å². The van der Waals surface area contributed by atoms with Crippen LogP contribution >= 0.6 is 0 Å². The first-order valence-corrected chi connectivity index (χ1v) is 9.74. The molecule has 1 fully saturated rings. The molecule has 1 aliphatic heterocycles. The predicted molar refractivity (Wildman–Crippen MR) is 105 cm³/mol. The van der Waals surface area contributed by atoms with E-state index in [1.54, 1.807) is 18.2 Å². The van der Waals surface area contributed by atoms with Crippen LogP contribution in [0.2, 0.25) is 0 Å². The SMILES string of the molecule is O=C(CC(=O)c1cc2c(o1)C(=O)c1ccccc1C2=O)OCC#CCN1CCCC1. The van der Waals surface area contributed by atoms with Crippen LogP contribution in [0.15, 0.2) is 34.7 Å². The fourth-order valence-electron chi connectivity index (χ4n) is 3.56. The van der Waals surface area contributed by atoms with E-state index in [0.717, 1.165) is 13.1 Å². The summed E-state index contributed by atoms with van der Waals surface area (Å²) in [4.78, 5) is 51.6. The number of esters is 1. The standard InChI is InChI=1S/C23H19NO6/c25-18(14-20(26)29-12-6-5-11-24-9-3-4-10-24)19-13-17-21(27)15-7-1-2-8-16(15)22(28)23(17)30-19/h1-2,7-8,13H,3-4,9-12,14H2. The zero-order chi connectivity index (χ0) is 21.1. The van der Waals surface area contributed by atoms with E-state index in [4.69, 9.17) is 9.15 Å². The van der Waals surface area contributed by atoms with E-state index in [1.807, 2.05) is 0 Å². The third-order valence-corrected chi connectivity index (χ3v) is 5.11. The molecule has 0 spiro atoms. The number of likely N-dealkylation sites (tertiary alicyclic amines) is 1. The topological polar surface area (TPSA) is 93.9 Å². The van der Waals surface area contributed by atoms with Gasteiger partial charge < -0.3 is 9.15 Å². The van der Waals surface area contributed by atoms with E-state index in [-0.39, 0.29) is 40.6 Å². The highest BCUT2D eigenvalue weighted by atomic mass is 16.5. The Morgan fingerprint density at radius 3 is 2.43 bits per heavy atom. The number of Topliss-reactive ketones (excluding diaryl/α,β-unsaturated/α-hetero) is 1. The summed E-state index contributed by atoms with van der Waals surface area (Å²) in [5, 5.41) is 0. The van der Waals surface area contributed by atoms with E-state index in [0.29, 0.717) is 6.54 Å². The van der Waals surface area contributed by atoms with Gasteiger partial charge in [0.2, 0.25) is 11.6 Å². The number of furan rings is 1. The maximum absolute atomic E-state index is 12.6. The Morgan fingerprint density at radius 2 is 1.70 bits per heavy atom. The lowest BCUT2D eigenvalue weighted by atomic mass is 9.88. The molecule has 2 aliphatic rings. The Bertz CT molecular complexity index is 1040. The van der Waals surface area contributed by atoms with Crippen molar-refractivity contribution in [3.05, 3.63) is 58.5 Å². The van der Waals surface area contributed by atoms with Gasteiger partial charge in [0.15, 0.2) is 23.9 Å². The summed E-state index contributed by atoms with van der Waals surface area (Å²) in [7, 11) is 0. The van der Waals surface area contributed by atoms with Gasteiger partial charge in [-0.05, 0) is 32.0 Å². The van der Waals surface area contributed by atoms with Crippen molar-refractivity contribution < 1.29 is 28.3 Å². The second-order valence-corrected chi connectivity index (χ2v) is 7.15. The van der Waals surface area contributed by atoms with Crippen LogP contribution in [0.25, 0.3) is 0 Å². The summed E-state index contributed by atoms with van der Waals surface area (Å²) in [6.45, 7) is 2.61. The van der Waals surface area contributed by atoms with Crippen LogP contribution in [0, 0.1) is 11.8 Å². The molecule has 0 bridgehead atoms. The van der Waals surface area contributed by atoms with Crippen molar-refractivity contribution in [3.8, 4) is 11.8 Å². The molecule has 7 heteroatoms. The number of ether oxygens (including phenoxy) is 1. The number of hydrogen-bond donors (Lipinski definition) is 0. The van der Waals surface area contributed by atoms with Gasteiger partial charge in [0, 0.05) is 11.1 Å². The first-order valence-electron chi connectivity index (χ1n) is 9.74. The van der Waals surface area contributed by atoms with E-state index in [2.05, 4.69) is 16.7 Å². The summed E-state index contributed by atoms with van der Waals surface area (Å²) in [6.07, 6.45) is 1.80. The quantitative estimate of drug-likeness (QED) is 0.278. The van der Waals surface area contributed by atoms with Crippen molar-refractivity contribution in [2.75, 3.05) is 26.2 Å². The smallest absolute Gasteiger partial charge is 0.314 e. The van der Waals surface area contributed by atoms with Crippen LogP contribution < -0.4 is 0 Å². The molecule has 152 valence electrons. The number of carbonyl (C=O) groups excluding carboxylic acids is 4. The Hall–Kier alpha value is -3.50. The molecule has 7 nitrogen and oxygen atoms in total. The molecule has 0 saturated carbocycles. The highest BCUT2D eigenvalue weighted by molar-refractivity contribution is 6.28. The fourth-order valence-corrected chi connectivity index (χ4v) is 3.56. The molecule has 4 rings (SSSR count). The van der Waals surface area contributed by atoms with Gasteiger partial charge in [-0.25, -0.2) is 0 Å². The molecule has 1 aromatic heterocycles. The third-order valence-electron chi connectivity index (χ3n) is 5.11. The minimum absolute atomic E-state index is 0.0307. The molecule has 2 aromatic rings. The van der Waals surface area contributed by atoms with E-state index in [1.165, 1.54) is 25.0 Å². The maximum Gasteiger partial charge on any atom is 0.314 e. The molecule has 1 aliphatic carbocycles. The lowest BCUT2D eigenvalue weighted by molar-refractivity contribution is -0.141. The minimum Gasteiger partial charge on any atom is -0.452 e. The van der Waals surface area contributed by atoms with E-state index < -0.39 is 24.0 Å². The molecule has 0 amide bonds. The highest BCUT2D eigenvalue weighted by Gasteiger charge is 2.34. The average Bonchev–Trinajstić information content (AvgIpc) is 3.42. The van der Waals surface area contributed by atoms with Gasteiger partial charge >= 0.3 is 5.97 Å². The Kier molecular flexibility index (Phi) is 5.59. The van der Waals surface area contributed by atoms with Crippen LogP contribution in [-0.4, -0.2) is 54.5 Å². The van der Waals surface area contributed by atoms with Crippen LogP contribution in [0.3, 0.4) is 0 Å². The Labute approximate surface area is 173 Å². The largest absolute Gasteiger partial charge is 0.452 e. The Balaban J connectivity index is 1.35. The molecule has 0 atom stereocenters. The van der Waals surface area contributed by atoms with Crippen LogP contribution in [0.4, 0.5) is 0 Å². The molecule has 0 N–H and O–H groups in total. The number of nitrogens with zero attached hydrogens (tertiary/aromatic N) is 1. The monoisotopic (exact) mass is 405 g/mol. The molecular formula is C23H19NO6. The number of hydrogen-bond acceptors (Lipinski definition) is 7. The van der Waals surface area contributed by atoms with Crippen molar-refractivity contribution in [2.45, 2.75) is 19.3 Å². The molecule has 0 radical (unpaired) electrons. The number of rotatable bonds is 5. The van der Waals surface area contributed by atoms with Crippen molar-refractivity contribution in [3.63, 3.8) is 0 Å². The number of benzene rings is 1. The third kappa shape index (κ3) is 3.95. The fraction of sp³-hybridized carbons (Fsp3) is 0.304. The second kappa shape index (κ2) is 8.47. The molecular weight excluding hydrogens is 386 g/mol. The van der Waals surface area contributed by atoms with E-state index in [9.17, 15) is 19.2 Å². The summed E-state index contributed by atoms with van der Waals surface area (Å²) < 4.78 is 10.3. The molecule has 1 aromatic carbocycles. The van der Waals surface area contributed by atoms with Crippen molar-refractivity contribution in [1.29, 1.82) is 0 Å². The van der Waals surface area contributed by atoms with Crippen molar-refractivity contribution in [1.82, 2.24) is 4.90 Å². The molecule has 0 unspecified atom stereocenters. The average molecular weight is 405 g/mol. The molecule has 2 heterocycles. The zero-order valence-electron chi connectivity index (χ0n) is 16.2. The van der Waals surface area contributed by atoms with Gasteiger partial charge in [-0.15, -0.1) is 0 Å². The zero-order valence-corrected chi connectivity index (χ0v) is 16.2. The van der Waals surface area contributed by atoms with Crippen molar-refractivity contribution >= 4 is 23.3 Å². The first kappa shape index (κ1) is 19.8. The summed E-state index contributed by atoms with van der Waals surface area (Å²) >= 11 is 0. The highest BCUT2D eigenvalue weighted by Crippen LogP contribution is 2.30. The van der Waals surface area contributed by atoms with Crippen LogP contribution in [0.1, 0.15) is 61.9 Å². The maximum atomic E-state index is 12.6. The first-order chi connectivity index (χ1) is 14.5. The van der Waals surface area contributed by atoms with Gasteiger partial charge in [-0.2, -0.15) is 0 Å². The molecule has 1 saturated heterocycles. The van der Waals surface area contributed by atoms with Gasteiger partial charge in [-0.1, -0.05) is 36.1 Å². The van der Waals surface area contributed by atoms with Gasteiger partial charge in [0.25, 0.3) is 0 Å².